The van der Waals surface area contributed by atoms with Crippen LogP contribution in [0, 0.1) is 0 Å². The van der Waals surface area contributed by atoms with Crippen LogP contribution in [0.3, 0.4) is 0 Å². The van der Waals surface area contributed by atoms with E-state index in [0.29, 0.717) is 5.75 Å². The maximum Gasteiger partial charge on any atom is 0.303 e. The van der Waals surface area contributed by atoms with Crippen LogP contribution in [0.1, 0.15) is 18.3 Å². The van der Waals surface area contributed by atoms with Crippen molar-refractivity contribution in [3.8, 4) is 5.75 Å². The number of methoxy groups -OCH3 is 1. The van der Waals surface area contributed by atoms with Crippen molar-refractivity contribution in [2.24, 2.45) is 0 Å². The Morgan fingerprint density at radius 1 is 1.32 bits per heavy atom. The summed E-state index contributed by atoms with van der Waals surface area (Å²) in [5, 5.41) is 3.93. The summed E-state index contributed by atoms with van der Waals surface area (Å²) < 4.78 is 33.1. The van der Waals surface area contributed by atoms with Crippen LogP contribution in [-0.4, -0.2) is 21.9 Å². The number of alkyl halides is 2. The second kappa shape index (κ2) is 5.24. The van der Waals surface area contributed by atoms with Gasteiger partial charge in [-0.25, -0.2) is 4.68 Å². The van der Waals surface area contributed by atoms with Crippen LogP contribution in [0.25, 0.3) is 0 Å². The first-order chi connectivity index (χ1) is 8.90. The van der Waals surface area contributed by atoms with E-state index in [1.54, 1.807) is 31.4 Å². The Kier molecular flexibility index (Phi) is 3.84. The first kappa shape index (κ1) is 13.9. The zero-order chi connectivity index (χ0) is 14.0. The minimum Gasteiger partial charge on any atom is -0.497 e. The minimum atomic E-state index is -3.04. The van der Waals surface area contributed by atoms with E-state index >= 15 is 0 Å². The Bertz CT molecular complexity index is 563. The average molecular weight is 332 g/mol. The lowest BCUT2D eigenvalue weighted by Gasteiger charge is -2.11. The van der Waals surface area contributed by atoms with Gasteiger partial charge in [-0.1, -0.05) is 12.1 Å². The molecule has 4 nitrogen and oxygen atoms in total. The van der Waals surface area contributed by atoms with Crippen molar-refractivity contribution in [3.63, 3.8) is 0 Å². The van der Waals surface area contributed by atoms with E-state index < -0.39 is 5.92 Å². The predicted octanol–water partition coefficient (Wildman–Crippen LogP) is 3.21. The quantitative estimate of drug-likeness (QED) is 0.863. The molecule has 0 unspecified atom stereocenters. The first-order valence-corrected chi connectivity index (χ1v) is 6.31. The van der Waals surface area contributed by atoms with Crippen LogP contribution in [0.5, 0.6) is 5.75 Å². The van der Waals surface area contributed by atoms with Gasteiger partial charge in [0.05, 0.1) is 13.7 Å². The molecule has 0 aliphatic carbocycles. The summed E-state index contributed by atoms with van der Waals surface area (Å²) in [5.41, 5.74) is 0.837. The van der Waals surface area contributed by atoms with E-state index in [-0.39, 0.29) is 17.1 Å². The highest BCUT2D eigenvalue weighted by Crippen LogP contribution is 2.27. The van der Waals surface area contributed by atoms with Gasteiger partial charge in [0.2, 0.25) is 4.73 Å². The van der Waals surface area contributed by atoms with Gasteiger partial charge < -0.3 is 4.74 Å². The Morgan fingerprint density at radius 2 is 1.95 bits per heavy atom. The molecule has 0 amide bonds. The summed E-state index contributed by atoms with van der Waals surface area (Å²) >= 11 is 3.02. The standard InChI is InChI=1S/C12H12BrF2N3O/c1-12(14,15)10-16-11(13)17-18(10)7-8-3-5-9(19-2)6-4-8/h3-6H,7H2,1-2H3. The molecular formula is C12H12BrF2N3O. The molecule has 2 rings (SSSR count). The van der Waals surface area contributed by atoms with Crippen molar-refractivity contribution in [1.82, 2.24) is 14.8 Å². The second-order valence-electron chi connectivity index (χ2n) is 4.10. The van der Waals surface area contributed by atoms with Crippen LogP contribution in [0.4, 0.5) is 8.78 Å². The molecule has 19 heavy (non-hydrogen) atoms. The molecular weight excluding hydrogens is 320 g/mol. The van der Waals surface area contributed by atoms with Crippen molar-refractivity contribution in [2.45, 2.75) is 19.4 Å². The number of benzene rings is 1. The molecule has 7 heteroatoms. The predicted molar refractivity (Wildman–Crippen MR) is 69.4 cm³/mol. The van der Waals surface area contributed by atoms with E-state index in [1.807, 2.05) is 0 Å². The van der Waals surface area contributed by atoms with Crippen LogP contribution in [0.2, 0.25) is 0 Å². The highest BCUT2D eigenvalue weighted by atomic mass is 79.9. The van der Waals surface area contributed by atoms with Gasteiger partial charge in [0.1, 0.15) is 5.75 Å². The average Bonchev–Trinajstić information content (AvgIpc) is 2.71. The SMILES string of the molecule is COc1ccc(Cn2nc(Br)nc2C(C)(F)F)cc1. The fraction of sp³-hybridized carbons (Fsp3) is 0.333. The number of rotatable bonds is 4. The summed E-state index contributed by atoms with van der Waals surface area (Å²) in [6, 6.07) is 7.13. The highest BCUT2D eigenvalue weighted by Gasteiger charge is 2.31. The molecule has 0 aliphatic heterocycles. The maximum atomic E-state index is 13.4. The molecule has 0 bridgehead atoms. The third-order valence-electron chi connectivity index (χ3n) is 2.53. The molecule has 0 saturated carbocycles. The third kappa shape index (κ3) is 3.28. The molecule has 0 N–H and O–H groups in total. The first-order valence-electron chi connectivity index (χ1n) is 5.51. The minimum absolute atomic E-state index is 0.150. The van der Waals surface area contributed by atoms with Gasteiger partial charge in [-0.3, -0.25) is 0 Å². The molecule has 1 aromatic carbocycles. The fourth-order valence-corrected chi connectivity index (χ4v) is 2.01. The zero-order valence-electron chi connectivity index (χ0n) is 10.4. The fourth-order valence-electron chi connectivity index (χ4n) is 1.65. The van der Waals surface area contributed by atoms with E-state index in [2.05, 4.69) is 26.0 Å². The van der Waals surface area contributed by atoms with Crippen molar-refractivity contribution >= 4 is 15.9 Å². The summed E-state index contributed by atoms with van der Waals surface area (Å²) in [6.07, 6.45) is 0. The normalized spacial score (nSPS) is 11.6. The molecule has 1 heterocycles. The third-order valence-corrected chi connectivity index (χ3v) is 2.87. The van der Waals surface area contributed by atoms with Crippen molar-refractivity contribution in [3.05, 3.63) is 40.4 Å². The Morgan fingerprint density at radius 3 is 2.47 bits per heavy atom. The monoisotopic (exact) mass is 331 g/mol. The molecule has 0 atom stereocenters. The largest absolute Gasteiger partial charge is 0.497 e. The molecule has 0 radical (unpaired) electrons. The number of halogens is 3. The van der Waals surface area contributed by atoms with Gasteiger partial charge in [-0.05, 0) is 33.6 Å². The lowest BCUT2D eigenvalue weighted by Crippen LogP contribution is -2.17. The molecule has 102 valence electrons. The lowest BCUT2D eigenvalue weighted by atomic mass is 10.2. The van der Waals surface area contributed by atoms with E-state index in [4.69, 9.17) is 4.74 Å². The van der Waals surface area contributed by atoms with Gasteiger partial charge in [-0.2, -0.15) is 13.8 Å². The topological polar surface area (TPSA) is 39.9 Å². The lowest BCUT2D eigenvalue weighted by molar-refractivity contribution is 0.00340. The van der Waals surface area contributed by atoms with Crippen molar-refractivity contribution in [1.29, 1.82) is 0 Å². The molecule has 0 fully saturated rings. The van der Waals surface area contributed by atoms with E-state index in [1.165, 1.54) is 4.68 Å². The zero-order valence-corrected chi connectivity index (χ0v) is 12.0. The van der Waals surface area contributed by atoms with Crippen molar-refractivity contribution in [2.75, 3.05) is 7.11 Å². The van der Waals surface area contributed by atoms with Crippen LogP contribution >= 0.6 is 15.9 Å². The molecule has 0 aliphatic rings. The smallest absolute Gasteiger partial charge is 0.303 e. The Labute approximate surface area is 117 Å². The molecule has 0 saturated heterocycles. The summed E-state index contributed by atoms with van der Waals surface area (Å²) in [5.74, 6) is -2.69. The Balaban J connectivity index is 2.27. The van der Waals surface area contributed by atoms with Gasteiger partial charge in [0.25, 0.3) is 0 Å². The number of aromatic nitrogens is 3. The summed E-state index contributed by atoms with van der Waals surface area (Å²) in [6.45, 7) is 1.02. The van der Waals surface area contributed by atoms with Gasteiger partial charge in [-0.15, -0.1) is 5.10 Å². The number of hydrogen-bond acceptors (Lipinski definition) is 3. The molecule has 0 spiro atoms. The highest BCUT2D eigenvalue weighted by molar-refractivity contribution is 9.10. The number of ether oxygens (including phenoxy) is 1. The summed E-state index contributed by atoms with van der Waals surface area (Å²) in [7, 11) is 1.57. The Hall–Kier alpha value is -1.50. The van der Waals surface area contributed by atoms with Gasteiger partial charge >= 0.3 is 5.92 Å². The number of hydrogen-bond donors (Lipinski definition) is 0. The van der Waals surface area contributed by atoms with Crippen LogP contribution in [-0.2, 0) is 12.5 Å². The van der Waals surface area contributed by atoms with Gasteiger partial charge in [0, 0.05) is 6.92 Å². The van der Waals surface area contributed by atoms with Gasteiger partial charge in [0.15, 0.2) is 5.82 Å². The second-order valence-corrected chi connectivity index (χ2v) is 4.81. The van der Waals surface area contributed by atoms with Crippen LogP contribution in [0.15, 0.2) is 29.0 Å². The molecule has 2 aromatic rings. The van der Waals surface area contributed by atoms with E-state index in [9.17, 15) is 8.78 Å². The maximum absolute atomic E-state index is 13.4. The van der Waals surface area contributed by atoms with Crippen molar-refractivity contribution < 1.29 is 13.5 Å². The van der Waals surface area contributed by atoms with Crippen LogP contribution < -0.4 is 4.74 Å². The summed E-state index contributed by atoms with van der Waals surface area (Å²) in [4.78, 5) is 3.71. The van der Waals surface area contributed by atoms with E-state index in [0.717, 1.165) is 12.5 Å². The molecule has 1 aromatic heterocycles. The number of nitrogens with zero attached hydrogens (tertiary/aromatic N) is 3.